The van der Waals surface area contributed by atoms with E-state index in [1.54, 1.807) is 0 Å². The molecule has 1 aromatic rings. The molecule has 1 aliphatic heterocycles. The van der Waals surface area contributed by atoms with Crippen LogP contribution in [0.5, 0.6) is 0 Å². The van der Waals surface area contributed by atoms with Gasteiger partial charge in [0, 0.05) is 6.54 Å². The van der Waals surface area contributed by atoms with E-state index in [4.69, 9.17) is 0 Å². The fourth-order valence-corrected chi connectivity index (χ4v) is 1.83. The van der Waals surface area contributed by atoms with Crippen LogP contribution >= 0.6 is 0 Å². The standard InChI is InChI=1S/C13H17N/c1-10(2)12-8-13(14-9-12)11-6-4-3-5-7-11/h3-8,10,13-14H,9H2,1-2H3. The van der Waals surface area contributed by atoms with Gasteiger partial charge in [-0.15, -0.1) is 0 Å². The molecule has 1 aromatic carbocycles. The van der Waals surface area contributed by atoms with Crippen molar-refractivity contribution in [2.75, 3.05) is 6.54 Å². The Bertz CT molecular complexity index is 324. The SMILES string of the molecule is CC(C)C1=CC(c2ccccc2)NC1. The fourth-order valence-electron chi connectivity index (χ4n) is 1.83. The predicted molar refractivity (Wildman–Crippen MR) is 60.1 cm³/mol. The van der Waals surface area contributed by atoms with Crippen LogP contribution in [0, 0.1) is 5.92 Å². The molecule has 0 aliphatic carbocycles. The van der Waals surface area contributed by atoms with Crippen LogP contribution < -0.4 is 5.32 Å². The topological polar surface area (TPSA) is 12.0 Å². The van der Waals surface area contributed by atoms with Gasteiger partial charge in [0.25, 0.3) is 0 Å². The van der Waals surface area contributed by atoms with Crippen LogP contribution in [0.4, 0.5) is 0 Å². The summed E-state index contributed by atoms with van der Waals surface area (Å²) in [6.45, 7) is 5.54. The normalized spacial score (nSPS) is 21.4. The molecule has 1 aliphatic rings. The second-order valence-corrected chi connectivity index (χ2v) is 4.17. The van der Waals surface area contributed by atoms with Crippen LogP contribution in [0.25, 0.3) is 0 Å². The fraction of sp³-hybridized carbons (Fsp3) is 0.385. The largest absolute Gasteiger partial charge is 0.303 e. The lowest BCUT2D eigenvalue weighted by Gasteiger charge is -2.07. The molecule has 1 heterocycles. The Hall–Kier alpha value is -1.08. The first-order chi connectivity index (χ1) is 6.77. The number of hydrogen-bond donors (Lipinski definition) is 1. The van der Waals surface area contributed by atoms with Crippen molar-refractivity contribution in [2.24, 2.45) is 5.92 Å². The van der Waals surface area contributed by atoms with Gasteiger partial charge < -0.3 is 5.32 Å². The molecule has 1 unspecified atom stereocenters. The van der Waals surface area contributed by atoms with Crippen LogP contribution in [0.3, 0.4) is 0 Å². The zero-order chi connectivity index (χ0) is 9.97. The molecule has 2 rings (SSSR count). The van der Waals surface area contributed by atoms with E-state index in [1.807, 2.05) is 0 Å². The molecule has 0 fully saturated rings. The van der Waals surface area contributed by atoms with Gasteiger partial charge >= 0.3 is 0 Å². The maximum Gasteiger partial charge on any atom is 0.0511 e. The van der Waals surface area contributed by atoms with Crippen molar-refractivity contribution in [3.05, 3.63) is 47.5 Å². The van der Waals surface area contributed by atoms with Gasteiger partial charge in [-0.2, -0.15) is 0 Å². The summed E-state index contributed by atoms with van der Waals surface area (Å²) in [6, 6.07) is 11.0. The molecule has 1 N–H and O–H groups in total. The second kappa shape index (κ2) is 3.97. The van der Waals surface area contributed by atoms with Crippen LogP contribution in [-0.2, 0) is 0 Å². The molecule has 14 heavy (non-hydrogen) atoms. The molecule has 1 nitrogen and oxygen atoms in total. The van der Waals surface area contributed by atoms with E-state index in [1.165, 1.54) is 11.1 Å². The molecule has 0 spiro atoms. The summed E-state index contributed by atoms with van der Waals surface area (Å²) in [6.07, 6.45) is 2.36. The van der Waals surface area contributed by atoms with Crippen molar-refractivity contribution in [2.45, 2.75) is 19.9 Å². The highest BCUT2D eigenvalue weighted by Gasteiger charge is 2.17. The molecule has 0 amide bonds. The zero-order valence-electron chi connectivity index (χ0n) is 8.83. The smallest absolute Gasteiger partial charge is 0.0511 e. The molecule has 0 radical (unpaired) electrons. The maximum absolute atomic E-state index is 3.51. The van der Waals surface area contributed by atoms with E-state index in [9.17, 15) is 0 Å². The van der Waals surface area contributed by atoms with E-state index >= 15 is 0 Å². The molecule has 0 bridgehead atoms. The van der Waals surface area contributed by atoms with Crippen molar-refractivity contribution >= 4 is 0 Å². The summed E-state index contributed by atoms with van der Waals surface area (Å²) in [5.74, 6) is 0.663. The average Bonchev–Trinajstić information content (AvgIpc) is 2.68. The van der Waals surface area contributed by atoms with E-state index in [0.29, 0.717) is 12.0 Å². The van der Waals surface area contributed by atoms with Gasteiger partial charge in [0.15, 0.2) is 0 Å². The highest BCUT2D eigenvalue weighted by atomic mass is 14.9. The monoisotopic (exact) mass is 187 g/mol. The Morgan fingerprint density at radius 3 is 2.50 bits per heavy atom. The Kier molecular flexibility index (Phi) is 2.69. The third-order valence-electron chi connectivity index (χ3n) is 2.81. The highest BCUT2D eigenvalue weighted by molar-refractivity contribution is 5.29. The zero-order valence-corrected chi connectivity index (χ0v) is 8.83. The number of benzene rings is 1. The van der Waals surface area contributed by atoms with Crippen molar-refractivity contribution in [3.63, 3.8) is 0 Å². The lowest BCUT2D eigenvalue weighted by molar-refractivity contribution is 0.680. The Balaban J connectivity index is 2.16. The van der Waals surface area contributed by atoms with Crippen molar-refractivity contribution in [1.82, 2.24) is 5.32 Å². The maximum atomic E-state index is 3.51. The minimum atomic E-state index is 0.425. The number of hydrogen-bond acceptors (Lipinski definition) is 1. The summed E-state index contributed by atoms with van der Waals surface area (Å²) in [5, 5.41) is 3.51. The van der Waals surface area contributed by atoms with Gasteiger partial charge in [-0.3, -0.25) is 0 Å². The van der Waals surface area contributed by atoms with E-state index in [0.717, 1.165) is 6.54 Å². The van der Waals surface area contributed by atoms with Gasteiger partial charge in [-0.1, -0.05) is 55.8 Å². The van der Waals surface area contributed by atoms with Gasteiger partial charge in [0.1, 0.15) is 0 Å². The molecule has 0 saturated heterocycles. The van der Waals surface area contributed by atoms with Gasteiger partial charge in [-0.25, -0.2) is 0 Å². The van der Waals surface area contributed by atoms with Crippen LogP contribution in [-0.4, -0.2) is 6.54 Å². The van der Waals surface area contributed by atoms with E-state index in [-0.39, 0.29) is 0 Å². The summed E-state index contributed by atoms with van der Waals surface area (Å²) < 4.78 is 0. The highest BCUT2D eigenvalue weighted by Crippen LogP contribution is 2.24. The third kappa shape index (κ3) is 1.88. The number of rotatable bonds is 2. The van der Waals surface area contributed by atoms with Gasteiger partial charge in [0.05, 0.1) is 6.04 Å². The van der Waals surface area contributed by atoms with Crippen molar-refractivity contribution < 1.29 is 0 Å². The van der Waals surface area contributed by atoms with Crippen LogP contribution in [0.15, 0.2) is 42.0 Å². The minimum Gasteiger partial charge on any atom is -0.303 e. The first-order valence-electron chi connectivity index (χ1n) is 5.26. The molecule has 74 valence electrons. The third-order valence-corrected chi connectivity index (χ3v) is 2.81. The Labute approximate surface area is 85.8 Å². The summed E-state index contributed by atoms with van der Waals surface area (Å²) in [7, 11) is 0. The lowest BCUT2D eigenvalue weighted by atomic mass is 10.0. The number of nitrogens with one attached hydrogen (secondary N) is 1. The lowest BCUT2D eigenvalue weighted by Crippen LogP contribution is -2.15. The van der Waals surface area contributed by atoms with E-state index in [2.05, 4.69) is 55.6 Å². The first kappa shape index (κ1) is 9.47. The molecule has 1 heteroatoms. The summed E-state index contributed by atoms with van der Waals surface area (Å²) in [5.41, 5.74) is 2.89. The van der Waals surface area contributed by atoms with Crippen LogP contribution in [0.2, 0.25) is 0 Å². The van der Waals surface area contributed by atoms with Gasteiger partial charge in [0.2, 0.25) is 0 Å². The quantitative estimate of drug-likeness (QED) is 0.702. The average molecular weight is 187 g/mol. The molecule has 0 saturated carbocycles. The van der Waals surface area contributed by atoms with E-state index < -0.39 is 0 Å². The van der Waals surface area contributed by atoms with Crippen molar-refractivity contribution in [1.29, 1.82) is 0 Å². The minimum absolute atomic E-state index is 0.425. The molecule has 0 aromatic heterocycles. The Morgan fingerprint density at radius 2 is 1.93 bits per heavy atom. The molecular weight excluding hydrogens is 170 g/mol. The predicted octanol–water partition coefficient (Wildman–Crippen LogP) is 2.91. The first-order valence-corrected chi connectivity index (χ1v) is 5.26. The summed E-state index contributed by atoms with van der Waals surface area (Å²) >= 11 is 0. The van der Waals surface area contributed by atoms with Crippen molar-refractivity contribution in [3.8, 4) is 0 Å². The second-order valence-electron chi connectivity index (χ2n) is 4.17. The molecular formula is C13H17N. The molecule has 1 atom stereocenters. The summed E-state index contributed by atoms with van der Waals surface area (Å²) in [4.78, 5) is 0. The van der Waals surface area contributed by atoms with Crippen LogP contribution in [0.1, 0.15) is 25.5 Å². The Morgan fingerprint density at radius 1 is 1.21 bits per heavy atom. The van der Waals surface area contributed by atoms with Gasteiger partial charge in [-0.05, 0) is 11.5 Å².